The van der Waals surface area contributed by atoms with Gasteiger partial charge in [0.1, 0.15) is 12.4 Å². The molecule has 0 radical (unpaired) electrons. The van der Waals surface area contributed by atoms with E-state index in [1.807, 2.05) is 30.3 Å². The van der Waals surface area contributed by atoms with E-state index in [1.54, 1.807) is 7.11 Å². The largest absolute Gasteiger partial charge is 0.487 e. The Morgan fingerprint density at radius 3 is 2.86 bits per heavy atom. The molecule has 1 aromatic heterocycles. The van der Waals surface area contributed by atoms with E-state index in [1.165, 1.54) is 0 Å². The molecule has 5 heteroatoms. The molecule has 0 atom stereocenters. The van der Waals surface area contributed by atoms with Crippen molar-refractivity contribution < 1.29 is 9.47 Å². The van der Waals surface area contributed by atoms with Crippen LogP contribution in [0.5, 0.6) is 11.6 Å². The fraction of sp³-hybridized carbons (Fsp3) is 0.312. The summed E-state index contributed by atoms with van der Waals surface area (Å²) in [6, 6.07) is 11.7. The molecule has 4 nitrogen and oxygen atoms in total. The number of benzene rings is 1. The first-order valence-corrected chi connectivity index (χ1v) is 7.64. The minimum Gasteiger partial charge on any atom is -0.487 e. The summed E-state index contributed by atoms with van der Waals surface area (Å²) in [4.78, 5) is 4.34. The predicted molar refractivity (Wildman–Crippen MR) is 86.6 cm³/mol. The number of pyridine rings is 1. The zero-order chi connectivity index (χ0) is 15.1. The van der Waals surface area contributed by atoms with Crippen molar-refractivity contribution in [3.05, 3.63) is 52.1 Å². The van der Waals surface area contributed by atoms with Gasteiger partial charge in [0, 0.05) is 22.6 Å². The maximum atomic E-state index is 5.90. The molecule has 0 aliphatic heterocycles. The van der Waals surface area contributed by atoms with Crippen LogP contribution in [-0.2, 0) is 13.2 Å². The van der Waals surface area contributed by atoms with Gasteiger partial charge in [-0.2, -0.15) is 0 Å². The van der Waals surface area contributed by atoms with E-state index in [0.29, 0.717) is 12.5 Å². The summed E-state index contributed by atoms with van der Waals surface area (Å²) >= 11 is 3.49. The van der Waals surface area contributed by atoms with Gasteiger partial charge in [-0.05, 0) is 30.8 Å². The van der Waals surface area contributed by atoms with Crippen LogP contribution in [0.15, 0.2) is 40.9 Å². The normalized spacial score (nSPS) is 10.4. The Hall–Kier alpha value is -1.59. The van der Waals surface area contributed by atoms with Gasteiger partial charge in [0.15, 0.2) is 0 Å². The Kier molecular flexibility index (Phi) is 6.02. The molecule has 0 amide bonds. The van der Waals surface area contributed by atoms with Crippen LogP contribution >= 0.6 is 15.9 Å². The van der Waals surface area contributed by atoms with Crippen molar-refractivity contribution >= 4 is 15.9 Å². The molecule has 112 valence electrons. The molecular weight excluding hydrogens is 332 g/mol. The van der Waals surface area contributed by atoms with Crippen LogP contribution in [0, 0.1) is 0 Å². The molecule has 2 rings (SSSR count). The molecule has 1 N–H and O–H groups in total. The smallest absolute Gasteiger partial charge is 0.213 e. The summed E-state index contributed by atoms with van der Waals surface area (Å²) in [5, 5.41) is 3.31. The van der Waals surface area contributed by atoms with Gasteiger partial charge in [-0.15, -0.1) is 0 Å². The number of ether oxygens (including phenoxy) is 2. The van der Waals surface area contributed by atoms with Gasteiger partial charge >= 0.3 is 0 Å². The third-order valence-electron chi connectivity index (χ3n) is 2.95. The summed E-state index contributed by atoms with van der Waals surface area (Å²) in [6.45, 7) is 4.19. The molecule has 0 bridgehead atoms. The van der Waals surface area contributed by atoms with E-state index in [0.717, 1.165) is 34.6 Å². The lowest BCUT2D eigenvalue weighted by Crippen LogP contribution is -2.13. The summed E-state index contributed by atoms with van der Waals surface area (Å²) in [6.07, 6.45) is 0. The van der Waals surface area contributed by atoms with Crippen LogP contribution in [0.1, 0.15) is 18.2 Å². The average molecular weight is 351 g/mol. The van der Waals surface area contributed by atoms with Gasteiger partial charge in [0.25, 0.3) is 0 Å². The number of aromatic nitrogens is 1. The molecule has 0 fully saturated rings. The Labute approximate surface area is 133 Å². The summed E-state index contributed by atoms with van der Waals surface area (Å²) in [7, 11) is 1.61. The maximum absolute atomic E-state index is 5.90. The molecule has 0 aliphatic carbocycles. The number of halogens is 1. The van der Waals surface area contributed by atoms with Gasteiger partial charge in [-0.1, -0.05) is 28.9 Å². The lowest BCUT2D eigenvalue weighted by Gasteiger charge is -2.12. The lowest BCUT2D eigenvalue weighted by molar-refractivity contribution is 0.294. The first-order chi connectivity index (χ1) is 10.2. The van der Waals surface area contributed by atoms with Gasteiger partial charge in [0.05, 0.1) is 12.8 Å². The minimum absolute atomic E-state index is 0.415. The molecular formula is C16H19BrN2O2. The Morgan fingerprint density at radius 1 is 1.24 bits per heavy atom. The quantitative estimate of drug-likeness (QED) is 0.829. The van der Waals surface area contributed by atoms with Gasteiger partial charge < -0.3 is 14.8 Å². The van der Waals surface area contributed by atoms with Gasteiger partial charge in [-0.3, -0.25) is 0 Å². The van der Waals surface area contributed by atoms with E-state index >= 15 is 0 Å². The molecule has 1 heterocycles. The highest BCUT2D eigenvalue weighted by Gasteiger charge is 2.06. The van der Waals surface area contributed by atoms with E-state index in [-0.39, 0.29) is 0 Å². The summed E-state index contributed by atoms with van der Waals surface area (Å²) < 4.78 is 12.1. The first kappa shape index (κ1) is 15.8. The number of methoxy groups -OCH3 is 1. The zero-order valence-electron chi connectivity index (χ0n) is 12.2. The second-order valence-electron chi connectivity index (χ2n) is 4.49. The van der Waals surface area contributed by atoms with Crippen molar-refractivity contribution in [1.82, 2.24) is 10.3 Å². The summed E-state index contributed by atoms with van der Waals surface area (Å²) in [5.74, 6) is 1.46. The van der Waals surface area contributed by atoms with Crippen LogP contribution in [0.3, 0.4) is 0 Å². The standard InChI is InChI=1S/C16H19BrN2O2/c1-3-18-10-12-9-13(17)7-8-15(12)21-11-14-5-4-6-16(19-14)20-2/h4-9,18H,3,10-11H2,1-2H3. The molecule has 0 saturated carbocycles. The van der Waals surface area contributed by atoms with Crippen LogP contribution in [0.25, 0.3) is 0 Å². The van der Waals surface area contributed by atoms with Crippen molar-refractivity contribution in [2.24, 2.45) is 0 Å². The van der Waals surface area contributed by atoms with Crippen LogP contribution in [0.2, 0.25) is 0 Å². The van der Waals surface area contributed by atoms with E-state index in [2.05, 4.69) is 39.2 Å². The Morgan fingerprint density at radius 2 is 2.10 bits per heavy atom. The highest BCUT2D eigenvalue weighted by molar-refractivity contribution is 9.10. The second-order valence-corrected chi connectivity index (χ2v) is 5.41. The SMILES string of the molecule is CCNCc1cc(Br)ccc1OCc1cccc(OC)n1. The van der Waals surface area contributed by atoms with E-state index < -0.39 is 0 Å². The highest BCUT2D eigenvalue weighted by atomic mass is 79.9. The predicted octanol–water partition coefficient (Wildman–Crippen LogP) is 3.54. The first-order valence-electron chi connectivity index (χ1n) is 6.84. The molecule has 2 aromatic rings. The number of nitrogens with zero attached hydrogens (tertiary/aromatic N) is 1. The molecule has 0 unspecified atom stereocenters. The van der Waals surface area contributed by atoms with E-state index in [9.17, 15) is 0 Å². The van der Waals surface area contributed by atoms with Crippen LogP contribution < -0.4 is 14.8 Å². The summed E-state index contributed by atoms with van der Waals surface area (Å²) in [5.41, 5.74) is 1.96. The fourth-order valence-electron chi connectivity index (χ4n) is 1.89. The Balaban J connectivity index is 2.07. The van der Waals surface area contributed by atoms with Crippen LogP contribution in [-0.4, -0.2) is 18.6 Å². The lowest BCUT2D eigenvalue weighted by atomic mass is 10.2. The van der Waals surface area contributed by atoms with Gasteiger partial charge in [0.2, 0.25) is 5.88 Å². The second kappa shape index (κ2) is 8.00. The number of rotatable bonds is 7. The maximum Gasteiger partial charge on any atom is 0.213 e. The van der Waals surface area contributed by atoms with Crippen molar-refractivity contribution in [2.75, 3.05) is 13.7 Å². The highest BCUT2D eigenvalue weighted by Crippen LogP contribution is 2.24. The molecule has 0 aliphatic rings. The third kappa shape index (κ3) is 4.72. The van der Waals surface area contributed by atoms with Crippen molar-refractivity contribution in [1.29, 1.82) is 0 Å². The fourth-order valence-corrected chi connectivity index (χ4v) is 2.30. The molecule has 1 aromatic carbocycles. The molecule has 0 spiro atoms. The number of hydrogen-bond acceptors (Lipinski definition) is 4. The minimum atomic E-state index is 0.415. The zero-order valence-corrected chi connectivity index (χ0v) is 13.8. The topological polar surface area (TPSA) is 43.4 Å². The van der Waals surface area contributed by atoms with Gasteiger partial charge in [-0.25, -0.2) is 4.98 Å². The monoisotopic (exact) mass is 350 g/mol. The molecule has 0 saturated heterocycles. The third-order valence-corrected chi connectivity index (χ3v) is 3.45. The van der Waals surface area contributed by atoms with Crippen molar-refractivity contribution in [2.45, 2.75) is 20.1 Å². The van der Waals surface area contributed by atoms with E-state index in [4.69, 9.17) is 9.47 Å². The average Bonchev–Trinajstić information content (AvgIpc) is 2.52. The molecule has 21 heavy (non-hydrogen) atoms. The number of hydrogen-bond donors (Lipinski definition) is 1. The number of nitrogens with one attached hydrogen (secondary N) is 1. The Bertz CT molecular complexity index is 590. The van der Waals surface area contributed by atoms with Crippen LogP contribution in [0.4, 0.5) is 0 Å². The van der Waals surface area contributed by atoms with Crippen molar-refractivity contribution in [3.63, 3.8) is 0 Å². The van der Waals surface area contributed by atoms with Crippen molar-refractivity contribution in [3.8, 4) is 11.6 Å².